The molecule has 0 aromatic carbocycles. The number of aliphatic hydroxyl groups is 1. The number of H-pyrrole nitrogens is 1. The van der Waals surface area contributed by atoms with E-state index < -0.39 is 0 Å². The number of aryl methyl sites for hydroxylation is 1. The number of nitrogens with one attached hydrogen (secondary N) is 1. The fraction of sp³-hybridized carbons (Fsp3) is 0.250. The van der Waals surface area contributed by atoms with Crippen LogP contribution in [0, 0.1) is 6.92 Å². The molecule has 0 radical (unpaired) electrons. The molecule has 0 aliphatic carbocycles. The summed E-state index contributed by atoms with van der Waals surface area (Å²) in [5.41, 5.74) is 2.37. The van der Waals surface area contributed by atoms with Crippen molar-refractivity contribution in [3.63, 3.8) is 0 Å². The van der Waals surface area contributed by atoms with Crippen molar-refractivity contribution in [3.8, 4) is 0 Å². The molecule has 0 aliphatic heterocycles. The van der Waals surface area contributed by atoms with Gasteiger partial charge in [0, 0.05) is 11.1 Å². The second-order valence-electron chi connectivity index (χ2n) is 2.70. The molecule has 2 aromatic rings. The first-order valence-corrected chi connectivity index (χ1v) is 3.71. The first-order chi connectivity index (χ1) is 5.81. The predicted octanol–water partition coefficient (Wildman–Crippen LogP) is 0.759. The van der Waals surface area contributed by atoms with E-state index in [1.54, 1.807) is 6.20 Å². The van der Waals surface area contributed by atoms with Crippen molar-refractivity contribution in [2.24, 2.45) is 0 Å². The largest absolute Gasteiger partial charge is 0.390 e. The van der Waals surface area contributed by atoms with Crippen LogP contribution in [0.5, 0.6) is 0 Å². The van der Waals surface area contributed by atoms with Crippen molar-refractivity contribution in [2.75, 3.05) is 0 Å². The van der Waals surface area contributed by atoms with Gasteiger partial charge in [0.2, 0.25) is 0 Å². The fourth-order valence-corrected chi connectivity index (χ4v) is 1.28. The van der Waals surface area contributed by atoms with Crippen molar-refractivity contribution in [2.45, 2.75) is 13.5 Å². The Morgan fingerprint density at radius 3 is 3.17 bits per heavy atom. The lowest BCUT2D eigenvalue weighted by molar-refractivity contribution is 0.278. The van der Waals surface area contributed by atoms with Crippen LogP contribution in [0.1, 0.15) is 11.4 Å². The van der Waals surface area contributed by atoms with E-state index in [1.165, 1.54) is 0 Å². The summed E-state index contributed by atoms with van der Waals surface area (Å²) in [6.45, 7) is 1.84. The number of aromatic amines is 1. The Bertz CT molecular complexity index is 408. The highest BCUT2D eigenvalue weighted by molar-refractivity contribution is 5.80. The zero-order valence-corrected chi connectivity index (χ0v) is 6.70. The van der Waals surface area contributed by atoms with Gasteiger partial charge in [-0.2, -0.15) is 5.10 Å². The number of aliphatic hydroxyl groups excluding tert-OH is 1. The number of fused-ring (bicyclic) bond motifs is 1. The molecule has 0 aliphatic rings. The topological polar surface area (TPSA) is 61.8 Å². The van der Waals surface area contributed by atoms with Gasteiger partial charge in [0.05, 0.1) is 24.0 Å². The summed E-state index contributed by atoms with van der Waals surface area (Å²) >= 11 is 0. The average Bonchev–Trinajstić information content (AvgIpc) is 2.50. The normalized spacial score (nSPS) is 10.8. The van der Waals surface area contributed by atoms with E-state index in [9.17, 15) is 0 Å². The van der Waals surface area contributed by atoms with Crippen LogP contribution in [0.15, 0.2) is 12.3 Å². The summed E-state index contributed by atoms with van der Waals surface area (Å²) < 4.78 is 0. The Morgan fingerprint density at radius 2 is 2.42 bits per heavy atom. The molecular formula is C8H9N3O. The highest BCUT2D eigenvalue weighted by Gasteiger charge is 2.03. The van der Waals surface area contributed by atoms with Crippen LogP contribution in [0.25, 0.3) is 10.9 Å². The molecule has 4 nitrogen and oxygen atoms in total. The number of hydrogen-bond donors (Lipinski definition) is 2. The van der Waals surface area contributed by atoms with Gasteiger partial charge in [0.25, 0.3) is 0 Å². The van der Waals surface area contributed by atoms with Crippen molar-refractivity contribution < 1.29 is 5.11 Å². The lowest BCUT2D eigenvalue weighted by Gasteiger charge is -1.98. The van der Waals surface area contributed by atoms with Gasteiger partial charge in [-0.15, -0.1) is 0 Å². The maximum atomic E-state index is 8.97. The van der Waals surface area contributed by atoms with Crippen molar-refractivity contribution >= 4 is 10.9 Å². The van der Waals surface area contributed by atoms with Crippen LogP contribution in [-0.2, 0) is 6.61 Å². The number of rotatable bonds is 1. The smallest absolute Gasteiger partial charge is 0.0917 e. The summed E-state index contributed by atoms with van der Waals surface area (Å²) in [5, 5.41) is 16.6. The molecule has 0 fully saturated rings. The van der Waals surface area contributed by atoms with Gasteiger partial charge in [0.15, 0.2) is 0 Å². The second-order valence-corrected chi connectivity index (χ2v) is 2.70. The first-order valence-electron chi connectivity index (χ1n) is 3.71. The summed E-state index contributed by atoms with van der Waals surface area (Å²) in [6, 6.07) is 1.93. The molecule has 0 atom stereocenters. The molecule has 2 N–H and O–H groups in total. The third-order valence-electron chi connectivity index (χ3n) is 1.78. The van der Waals surface area contributed by atoms with E-state index in [0.29, 0.717) is 5.69 Å². The molecule has 62 valence electrons. The van der Waals surface area contributed by atoms with Gasteiger partial charge in [0.1, 0.15) is 0 Å². The maximum absolute atomic E-state index is 8.97. The molecule has 0 amide bonds. The number of aromatic nitrogens is 3. The van der Waals surface area contributed by atoms with Crippen LogP contribution in [0.2, 0.25) is 0 Å². The van der Waals surface area contributed by atoms with Gasteiger partial charge < -0.3 is 5.11 Å². The highest BCUT2D eigenvalue weighted by Crippen LogP contribution is 2.14. The SMILES string of the molecule is Cc1cc2cn[nH]c2c(CO)n1. The number of hydrogen-bond acceptors (Lipinski definition) is 3. The van der Waals surface area contributed by atoms with Crippen LogP contribution >= 0.6 is 0 Å². The van der Waals surface area contributed by atoms with E-state index in [1.807, 2.05) is 13.0 Å². The minimum absolute atomic E-state index is 0.0552. The van der Waals surface area contributed by atoms with Crippen LogP contribution in [0.4, 0.5) is 0 Å². The van der Waals surface area contributed by atoms with Crippen molar-refractivity contribution in [1.82, 2.24) is 15.2 Å². The number of nitrogens with zero attached hydrogens (tertiary/aromatic N) is 2. The predicted molar refractivity (Wildman–Crippen MR) is 44.5 cm³/mol. The zero-order valence-electron chi connectivity index (χ0n) is 6.70. The monoisotopic (exact) mass is 163 g/mol. The Morgan fingerprint density at radius 1 is 1.58 bits per heavy atom. The third-order valence-corrected chi connectivity index (χ3v) is 1.78. The van der Waals surface area contributed by atoms with Crippen LogP contribution in [0.3, 0.4) is 0 Å². The minimum Gasteiger partial charge on any atom is -0.390 e. The van der Waals surface area contributed by atoms with Gasteiger partial charge in [-0.3, -0.25) is 10.1 Å². The average molecular weight is 163 g/mol. The standard InChI is InChI=1S/C8H9N3O/c1-5-2-6-3-9-11-8(6)7(4-12)10-5/h2-3,12H,4H2,1H3,(H,9,11). The van der Waals surface area contributed by atoms with E-state index in [4.69, 9.17) is 5.11 Å². The molecule has 0 unspecified atom stereocenters. The zero-order chi connectivity index (χ0) is 8.55. The maximum Gasteiger partial charge on any atom is 0.0917 e. The Labute approximate surface area is 69.3 Å². The van der Waals surface area contributed by atoms with Gasteiger partial charge in [-0.25, -0.2) is 0 Å². The minimum atomic E-state index is -0.0552. The van der Waals surface area contributed by atoms with Gasteiger partial charge in [-0.05, 0) is 13.0 Å². The molecule has 0 saturated carbocycles. The number of pyridine rings is 1. The lowest BCUT2D eigenvalue weighted by Crippen LogP contribution is -1.93. The summed E-state index contributed by atoms with van der Waals surface area (Å²) in [7, 11) is 0. The molecule has 0 bridgehead atoms. The molecule has 0 spiro atoms. The Kier molecular flexibility index (Phi) is 1.55. The third kappa shape index (κ3) is 0.967. The van der Waals surface area contributed by atoms with Crippen LogP contribution < -0.4 is 0 Å². The summed E-state index contributed by atoms with van der Waals surface area (Å²) in [4.78, 5) is 4.17. The fourth-order valence-electron chi connectivity index (χ4n) is 1.28. The molecule has 2 heterocycles. The quantitative estimate of drug-likeness (QED) is 0.652. The van der Waals surface area contributed by atoms with E-state index in [2.05, 4.69) is 15.2 Å². The highest BCUT2D eigenvalue weighted by atomic mass is 16.3. The van der Waals surface area contributed by atoms with Crippen molar-refractivity contribution in [1.29, 1.82) is 0 Å². The molecule has 4 heteroatoms. The van der Waals surface area contributed by atoms with Gasteiger partial charge in [-0.1, -0.05) is 0 Å². The Balaban J connectivity index is 2.80. The molecule has 12 heavy (non-hydrogen) atoms. The molecule has 2 aromatic heterocycles. The molecule has 0 saturated heterocycles. The lowest BCUT2D eigenvalue weighted by atomic mass is 10.2. The van der Waals surface area contributed by atoms with E-state index in [-0.39, 0.29) is 6.61 Å². The second kappa shape index (κ2) is 2.57. The van der Waals surface area contributed by atoms with Crippen LogP contribution in [-0.4, -0.2) is 20.3 Å². The van der Waals surface area contributed by atoms with Gasteiger partial charge >= 0.3 is 0 Å². The summed E-state index contributed by atoms with van der Waals surface area (Å²) in [6.07, 6.45) is 1.73. The summed E-state index contributed by atoms with van der Waals surface area (Å²) in [5.74, 6) is 0. The first kappa shape index (κ1) is 7.24. The molecular weight excluding hydrogens is 154 g/mol. The Hall–Kier alpha value is -1.42. The van der Waals surface area contributed by atoms with E-state index >= 15 is 0 Å². The van der Waals surface area contributed by atoms with E-state index in [0.717, 1.165) is 16.6 Å². The van der Waals surface area contributed by atoms with Crippen molar-refractivity contribution in [3.05, 3.63) is 23.7 Å². The molecule has 2 rings (SSSR count).